The van der Waals surface area contributed by atoms with Gasteiger partial charge in [-0.1, -0.05) is 50.0 Å². The predicted octanol–water partition coefficient (Wildman–Crippen LogP) is 4.35. The zero-order chi connectivity index (χ0) is 13.8. The van der Waals surface area contributed by atoms with Crippen LogP contribution in [0.2, 0.25) is 5.02 Å². The quantitative estimate of drug-likeness (QED) is 0.811. The highest BCUT2D eigenvalue weighted by atomic mass is 35.5. The molecule has 19 heavy (non-hydrogen) atoms. The molecule has 0 bridgehead atoms. The van der Waals surface area contributed by atoms with Crippen LogP contribution in [-0.4, -0.2) is 11.0 Å². The van der Waals surface area contributed by atoms with E-state index in [9.17, 15) is 0 Å². The van der Waals surface area contributed by atoms with Crippen molar-refractivity contribution in [2.24, 2.45) is 11.7 Å². The van der Waals surface area contributed by atoms with Crippen molar-refractivity contribution in [1.29, 1.82) is 0 Å². The Morgan fingerprint density at radius 1 is 1.47 bits per heavy atom. The number of rotatable bonds is 4. The van der Waals surface area contributed by atoms with E-state index >= 15 is 0 Å². The summed E-state index contributed by atoms with van der Waals surface area (Å²) >= 11 is 11.2. The van der Waals surface area contributed by atoms with Gasteiger partial charge in [0.15, 0.2) is 0 Å². The molecule has 2 nitrogen and oxygen atoms in total. The van der Waals surface area contributed by atoms with Crippen LogP contribution in [-0.2, 0) is 0 Å². The summed E-state index contributed by atoms with van der Waals surface area (Å²) in [7, 11) is 0. The minimum atomic E-state index is 0.386. The van der Waals surface area contributed by atoms with Crippen molar-refractivity contribution in [3.05, 3.63) is 28.8 Å². The van der Waals surface area contributed by atoms with Crippen LogP contribution in [0.1, 0.15) is 44.6 Å². The molecule has 104 valence electrons. The van der Waals surface area contributed by atoms with Gasteiger partial charge in [-0.15, -0.1) is 0 Å². The molecule has 2 rings (SSSR count). The zero-order valence-corrected chi connectivity index (χ0v) is 12.9. The molecule has 1 saturated carbocycles. The minimum absolute atomic E-state index is 0.386. The highest BCUT2D eigenvalue weighted by Crippen LogP contribution is 2.31. The molecule has 0 amide bonds. The summed E-state index contributed by atoms with van der Waals surface area (Å²) in [6.07, 6.45) is 6.40. The maximum atomic E-state index is 6.29. The second-order valence-electron chi connectivity index (χ2n) is 5.34. The van der Waals surface area contributed by atoms with Gasteiger partial charge in [0.1, 0.15) is 4.99 Å². The maximum absolute atomic E-state index is 6.29. The first-order chi connectivity index (χ1) is 9.10. The maximum Gasteiger partial charge on any atom is 0.104 e. The lowest BCUT2D eigenvalue weighted by Gasteiger charge is -2.30. The van der Waals surface area contributed by atoms with Crippen LogP contribution in [0.4, 0.5) is 5.69 Å². The Morgan fingerprint density at radius 3 is 2.89 bits per heavy atom. The molecule has 0 aliphatic heterocycles. The fraction of sp³-hybridized carbons (Fsp3) is 0.533. The number of nitrogens with two attached hydrogens (primary N) is 1. The van der Waals surface area contributed by atoms with Crippen LogP contribution in [0.25, 0.3) is 0 Å². The highest BCUT2D eigenvalue weighted by Gasteiger charge is 2.21. The summed E-state index contributed by atoms with van der Waals surface area (Å²) < 4.78 is 0. The van der Waals surface area contributed by atoms with E-state index in [1.165, 1.54) is 32.1 Å². The van der Waals surface area contributed by atoms with E-state index in [4.69, 9.17) is 29.6 Å². The minimum Gasteiger partial charge on any atom is -0.389 e. The summed E-state index contributed by atoms with van der Waals surface area (Å²) in [5.74, 6) is 0.848. The average molecular weight is 297 g/mol. The third kappa shape index (κ3) is 3.83. The van der Waals surface area contributed by atoms with Crippen molar-refractivity contribution < 1.29 is 0 Å². The van der Waals surface area contributed by atoms with Crippen molar-refractivity contribution in [2.45, 2.75) is 45.1 Å². The molecular formula is C15H21ClN2S. The third-order valence-corrected chi connectivity index (χ3v) is 4.52. The molecule has 0 spiro atoms. The molecule has 1 aromatic rings. The number of thiocarbonyl (C=S) groups is 1. The first-order valence-corrected chi connectivity index (χ1v) is 7.74. The van der Waals surface area contributed by atoms with Crippen molar-refractivity contribution in [3.8, 4) is 0 Å². The van der Waals surface area contributed by atoms with Crippen LogP contribution < -0.4 is 11.1 Å². The molecular weight excluding hydrogens is 276 g/mol. The lowest BCUT2D eigenvalue weighted by molar-refractivity contribution is 0.327. The first-order valence-electron chi connectivity index (χ1n) is 6.96. The van der Waals surface area contributed by atoms with E-state index in [1.54, 1.807) is 0 Å². The molecule has 0 saturated heterocycles. The van der Waals surface area contributed by atoms with Gasteiger partial charge < -0.3 is 11.1 Å². The van der Waals surface area contributed by atoms with E-state index in [0.717, 1.165) is 17.2 Å². The molecule has 1 fully saturated rings. The van der Waals surface area contributed by atoms with Crippen LogP contribution in [0.3, 0.4) is 0 Å². The lowest BCUT2D eigenvalue weighted by atomic mass is 9.84. The van der Waals surface area contributed by atoms with E-state index < -0.39 is 0 Å². The number of halogens is 1. The molecule has 2 unspecified atom stereocenters. The van der Waals surface area contributed by atoms with Gasteiger partial charge in [-0.3, -0.25) is 0 Å². The van der Waals surface area contributed by atoms with Crippen molar-refractivity contribution >= 4 is 34.5 Å². The molecule has 0 aromatic heterocycles. The van der Waals surface area contributed by atoms with E-state index in [0.29, 0.717) is 16.1 Å². The average Bonchev–Trinajstić information content (AvgIpc) is 2.41. The smallest absolute Gasteiger partial charge is 0.104 e. The van der Waals surface area contributed by atoms with Crippen LogP contribution in [0.15, 0.2) is 18.2 Å². The first kappa shape index (κ1) is 14.6. The Kier molecular flexibility index (Phi) is 5.06. The summed E-state index contributed by atoms with van der Waals surface area (Å²) in [6.45, 7) is 2.27. The third-order valence-electron chi connectivity index (χ3n) is 3.97. The van der Waals surface area contributed by atoms with Gasteiger partial charge >= 0.3 is 0 Å². The molecule has 3 N–H and O–H groups in total. The molecule has 0 heterocycles. The number of hydrogen-bond donors (Lipinski definition) is 2. The number of benzene rings is 1. The van der Waals surface area contributed by atoms with E-state index in [1.807, 2.05) is 18.2 Å². The standard InChI is InChI=1S/C15H21ClN2S/c1-2-10-4-3-5-12(8-10)18-14-7-6-11(15(17)19)9-13(14)16/h6-7,9-10,12,18H,2-5,8H2,1H3,(H2,17,19). The SMILES string of the molecule is CCC1CCCC(Nc2ccc(C(N)=S)cc2Cl)C1. The second kappa shape index (κ2) is 6.58. The molecule has 1 aliphatic rings. The normalized spacial score (nSPS) is 23.1. The Balaban J connectivity index is 2.04. The topological polar surface area (TPSA) is 38.0 Å². The predicted molar refractivity (Wildman–Crippen MR) is 87.0 cm³/mol. The fourth-order valence-corrected chi connectivity index (χ4v) is 3.16. The van der Waals surface area contributed by atoms with Gasteiger partial charge in [-0.05, 0) is 37.0 Å². The van der Waals surface area contributed by atoms with Crippen molar-refractivity contribution in [1.82, 2.24) is 0 Å². The van der Waals surface area contributed by atoms with Crippen molar-refractivity contribution in [2.75, 3.05) is 5.32 Å². The highest BCUT2D eigenvalue weighted by molar-refractivity contribution is 7.80. The summed E-state index contributed by atoms with van der Waals surface area (Å²) in [5, 5.41) is 4.26. The summed E-state index contributed by atoms with van der Waals surface area (Å²) in [6, 6.07) is 6.28. The van der Waals surface area contributed by atoms with Crippen molar-refractivity contribution in [3.63, 3.8) is 0 Å². The Bertz CT molecular complexity index is 461. The monoisotopic (exact) mass is 296 g/mol. The molecule has 1 aliphatic carbocycles. The van der Waals surface area contributed by atoms with Gasteiger partial charge in [0.2, 0.25) is 0 Å². The van der Waals surface area contributed by atoms with E-state index in [-0.39, 0.29) is 0 Å². The van der Waals surface area contributed by atoms with Gasteiger partial charge in [-0.2, -0.15) is 0 Å². The second-order valence-corrected chi connectivity index (χ2v) is 6.19. The number of hydrogen-bond acceptors (Lipinski definition) is 2. The molecule has 1 aromatic carbocycles. The Labute approximate surface area is 125 Å². The fourth-order valence-electron chi connectivity index (χ4n) is 2.80. The van der Waals surface area contributed by atoms with Gasteiger partial charge in [-0.25, -0.2) is 0 Å². The van der Waals surface area contributed by atoms with Gasteiger partial charge in [0.05, 0.1) is 10.7 Å². The Hall–Kier alpha value is -0.800. The van der Waals surface area contributed by atoms with E-state index in [2.05, 4.69) is 12.2 Å². The molecule has 4 heteroatoms. The number of anilines is 1. The largest absolute Gasteiger partial charge is 0.389 e. The zero-order valence-electron chi connectivity index (χ0n) is 11.3. The molecule has 0 radical (unpaired) electrons. The van der Waals surface area contributed by atoms with Crippen LogP contribution >= 0.6 is 23.8 Å². The van der Waals surface area contributed by atoms with Gasteiger partial charge in [0, 0.05) is 11.6 Å². The number of nitrogens with one attached hydrogen (secondary N) is 1. The van der Waals surface area contributed by atoms with Crippen LogP contribution in [0, 0.1) is 5.92 Å². The molecule has 2 atom stereocenters. The lowest BCUT2D eigenvalue weighted by Crippen LogP contribution is -2.27. The van der Waals surface area contributed by atoms with Crippen LogP contribution in [0.5, 0.6) is 0 Å². The summed E-state index contributed by atoms with van der Waals surface area (Å²) in [5.41, 5.74) is 7.41. The van der Waals surface area contributed by atoms with Gasteiger partial charge in [0.25, 0.3) is 0 Å². The Morgan fingerprint density at radius 2 is 2.26 bits per heavy atom. The summed E-state index contributed by atoms with van der Waals surface area (Å²) in [4.78, 5) is 0.386.